The van der Waals surface area contributed by atoms with Crippen molar-refractivity contribution in [3.8, 4) is 0 Å². The molecule has 0 atom stereocenters. The zero-order valence-corrected chi connectivity index (χ0v) is 6.11. The van der Waals surface area contributed by atoms with Crippen molar-refractivity contribution in [2.75, 3.05) is 20.2 Å². The zero-order chi connectivity index (χ0) is 5.98. The number of hydrogen-bond donors (Lipinski definition) is 0. The monoisotopic (exact) mass is 151 g/mol. The summed E-state index contributed by atoms with van der Waals surface area (Å²) in [5, 5.41) is 0. The molecule has 0 aliphatic carbocycles. The SMILES string of the molecule is COC(=O)N1CCC1.Cl. The van der Waals surface area contributed by atoms with E-state index in [0.717, 1.165) is 19.5 Å². The Kier molecular flexibility index (Phi) is 3.39. The van der Waals surface area contributed by atoms with Gasteiger partial charge in [0.1, 0.15) is 0 Å². The first-order valence-corrected chi connectivity index (χ1v) is 2.67. The van der Waals surface area contributed by atoms with Crippen LogP contribution in [-0.4, -0.2) is 31.2 Å². The fraction of sp³-hybridized carbons (Fsp3) is 0.800. The first kappa shape index (κ1) is 8.56. The Hall–Kier alpha value is -0.440. The van der Waals surface area contributed by atoms with Crippen molar-refractivity contribution in [1.82, 2.24) is 4.90 Å². The third-order valence-electron chi connectivity index (χ3n) is 1.29. The minimum atomic E-state index is -0.198. The highest BCUT2D eigenvalue weighted by Crippen LogP contribution is 2.05. The number of halogens is 1. The van der Waals surface area contributed by atoms with Gasteiger partial charge in [-0.25, -0.2) is 4.79 Å². The van der Waals surface area contributed by atoms with E-state index in [-0.39, 0.29) is 18.5 Å². The van der Waals surface area contributed by atoms with Crippen LogP contribution < -0.4 is 0 Å². The summed E-state index contributed by atoms with van der Waals surface area (Å²) < 4.78 is 4.44. The van der Waals surface area contributed by atoms with Crippen LogP contribution in [-0.2, 0) is 4.74 Å². The molecule has 1 aliphatic rings. The van der Waals surface area contributed by atoms with Gasteiger partial charge in [-0.05, 0) is 6.42 Å². The van der Waals surface area contributed by atoms with Crippen molar-refractivity contribution in [3.63, 3.8) is 0 Å². The van der Waals surface area contributed by atoms with Crippen LogP contribution in [0.2, 0.25) is 0 Å². The van der Waals surface area contributed by atoms with Crippen molar-refractivity contribution < 1.29 is 9.53 Å². The molecule has 0 saturated carbocycles. The Morgan fingerprint density at radius 1 is 1.56 bits per heavy atom. The lowest BCUT2D eigenvalue weighted by molar-refractivity contribution is 0.0991. The Bertz CT molecular complexity index is 103. The summed E-state index contributed by atoms with van der Waals surface area (Å²) in [6.45, 7) is 1.74. The van der Waals surface area contributed by atoms with Crippen LogP contribution in [0.4, 0.5) is 4.79 Å². The van der Waals surface area contributed by atoms with E-state index in [4.69, 9.17) is 0 Å². The molecule has 1 rings (SSSR count). The molecule has 4 heteroatoms. The van der Waals surface area contributed by atoms with Gasteiger partial charge in [-0.2, -0.15) is 0 Å². The number of likely N-dealkylation sites (tertiary alicyclic amines) is 1. The number of hydrogen-bond acceptors (Lipinski definition) is 2. The topological polar surface area (TPSA) is 29.5 Å². The summed E-state index contributed by atoms with van der Waals surface area (Å²) in [5.41, 5.74) is 0. The third-order valence-corrected chi connectivity index (χ3v) is 1.29. The summed E-state index contributed by atoms with van der Waals surface area (Å²) in [6.07, 6.45) is 0.922. The summed E-state index contributed by atoms with van der Waals surface area (Å²) in [7, 11) is 1.40. The molecule has 3 nitrogen and oxygen atoms in total. The van der Waals surface area contributed by atoms with Crippen LogP contribution in [0.5, 0.6) is 0 Å². The number of carbonyl (C=O) groups is 1. The number of nitrogens with zero attached hydrogens (tertiary/aromatic N) is 1. The number of rotatable bonds is 0. The predicted octanol–water partition coefficient (Wildman–Crippen LogP) is 0.880. The van der Waals surface area contributed by atoms with Gasteiger partial charge in [0.25, 0.3) is 0 Å². The van der Waals surface area contributed by atoms with Gasteiger partial charge in [0, 0.05) is 13.1 Å². The van der Waals surface area contributed by atoms with Crippen molar-refractivity contribution >= 4 is 18.5 Å². The van der Waals surface area contributed by atoms with Crippen LogP contribution in [0.15, 0.2) is 0 Å². The molecule has 0 radical (unpaired) electrons. The molecule has 0 aromatic rings. The van der Waals surface area contributed by atoms with Gasteiger partial charge in [-0.3, -0.25) is 0 Å². The van der Waals surface area contributed by atoms with Gasteiger partial charge in [0.15, 0.2) is 0 Å². The minimum absolute atomic E-state index is 0. The molecule has 0 aromatic carbocycles. The maximum atomic E-state index is 10.5. The molecule has 9 heavy (non-hydrogen) atoms. The van der Waals surface area contributed by atoms with Crippen LogP contribution >= 0.6 is 12.4 Å². The summed E-state index contributed by atoms with van der Waals surface area (Å²) in [4.78, 5) is 12.2. The average Bonchev–Trinajstić information content (AvgIpc) is 1.62. The third kappa shape index (κ3) is 1.75. The molecule has 1 amide bonds. The Labute approximate surface area is 60.4 Å². The van der Waals surface area contributed by atoms with E-state index < -0.39 is 0 Å². The maximum Gasteiger partial charge on any atom is 0.409 e. The van der Waals surface area contributed by atoms with Gasteiger partial charge < -0.3 is 9.64 Å². The second-order valence-corrected chi connectivity index (χ2v) is 1.81. The largest absolute Gasteiger partial charge is 0.453 e. The van der Waals surface area contributed by atoms with Crippen LogP contribution in [0.25, 0.3) is 0 Å². The second kappa shape index (κ2) is 3.56. The van der Waals surface area contributed by atoms with Crippen molar-refractivity contribution in [3.05, 3.63) is 0 Å². The van der Waals surface area contributed by atoms with Gasteiger partial charge in [0.05, 0.1) is 7.11 Å². The van der Waals surface area contributed by atoms with Gasteiger partial charge in [-0.1, -0.05) is 0 Å². The van der Waals surface area contributed by atoms with Crippen molar-refractivity contribution in [2.45, 2.75) is 6.42 Å². The van der Waals surface area contributed by atoms with E-state index in [1.807, 2.05) is 0 Å². The first-order valence-electron chi connectivity index (χ1n) is 2.67. The van der Waals surface area contributed by atoms with E-state index in [1.165, 1.54) is 7.11 Å². The summed E-state index contributed by atoms with van der Waals surface area (Å²) >= 11 is 0. The lowest BCUT2D eigenvalue weighted by Crippen LogP contribution is -2.41. The quantitative estimate of drug-likeness (QED) is 0.515. The maximum absolute atomic E-state index is 10.5. The number of carbonyl (C=O) groups excluding carboxylic acids is 1. The Morgan fingerprint density at radius 3 is 2.22 bits per heavy atom. The standard InChI is InChI=1S/C5H9NO2.ClH/c1-8-5(7)6-3-2-4-6;/h2-4H2,1H3;1H. The molecule has 0 bridgehead atoms. The smallest absolute Gasteiger partial charge is 0.409 e. The van der Waals surface area contributed by atoms with Crippen LogP contribution in [0.1, 0.15) is 6.42 Å². The first-order chi connectivity index (χ1) is 3.84. The molecule has 0 aromatic heterocycles. The highest BCUT2D eigenvalue weighted by Gasteiger charge is 2.19. The molecular formula is C5H10ClNO2. The average molecular weight is 152 g/mol. The van der Waals surface area contributed by atoms with E-state index >= 15 is 0 Å². The fourth-order valence-corrected chi connectivity index (χ4v) is 0.628. The highest BCUT2D eigenvalue weighted by atomic mass is 35.5. The van der Waals surface area contributed by atoms with E-state index in [2.05, 4.69) is 4.74 Å². The Morgan fingerprint density at radius 2 is 2.11 bits per heavy atom. The minimum Gasteiger partial charge on any atom is -0.453 e. The number of ether oxygens (including phenoxy) is 1. The molecule has 1 fully saturated rings. The van der Waals surface area contributed by atoms with Crippen molar-refractivity contribution in [2.24, 2.45) is 0 Å². The lowest BCUT2D eigenvalue weighted by atomic mass is 10.2. The molecule has 1 saturated heterocycles. The van der Waals surface area contributed by atoms with Gasteiger partial charge >= 0.3 is 6.09 Å². The predicted molar refractivity (Wildman–Crippen MR) is 35.8 cm³/mol. The molecular weight excluding hydrogens is 142 g/mol. The summed E-state index contributed by atoms with van der Waals surface area (Å²) in [5.74, 6) is 0. The van der Waals surface area contributed by atoms with E-state index in [0.29, 0.717) is 0 Å². The molecule has 54 valence electrons. The molecule has 0 N–H and O–H groups in total. The van der Waals surface area contributed by atoms with Gasteiger partial charge in [0.2, 0.25) is 0 Å². The van der Waals surface area contributed by atoms with Crippen molar-refractivity contribution in [1.29, 1.82) is 0 Å². The summed E-state index contributed by atoms with van der Waals surface area (Å²) in [6, 6.07) is 0. The molecule has 1 aliphatic heterocycles. The number of methoxy groups -OCH3 is 1. The normalized spacial score (nSPS) is 15.4. The lowest BCUT2D eigenvalue weighted by Gasteiger charge is -2.28. The number of amides is 1. The van der Waals surface area contributed by atoms with E-state index in [1.54, 1.807) is 4.90 Å². The molecule has 0 spiro atoms. The van der Waals surface area contributed by atoms with Gasteiger partial charge in [-0.15, -0.1) is 12.4 Å². The fourth-order valence-electron chi connectivity index (χ4n) is 0.628. The Balaban J connectivity index is 0.000000640. The van der Waals surface area contributed by atoms with E-state index in [9.17, 15) is 4.79 Å². The second-order valence-electron chi connectivity index (χ2n) is 1.81. The zero-order valence-electron chi connectivity index (χ0n) is 5.29. The molecule has 0 unspecified atom stereocenters. The van der Waals surface area contributed by atoms with Crippen LogP contribution in [0.3, 0.4) is 0 Å². The van der Waals surface area contributed by atoms with Crippen LogP contribution in [0, 0.1) is 0 Å². The molecule has 1 heterocycles. The highest BCUT2D eigenvalue weighted by molar-refractivity contribution is 5.85.